The summed E-state index contributed by atoms with van der Waals surface area (Å²) in [6, 6.07) is 12.5. The number of benzene rings is 1. The number of amides is 1. The van der Waals surface area contributed by atoms with E-state index < -0.39 is 0 Å². The van der Waals surface area contributed by atoms with Gasteiger partial charge >= 0.3 is 0 Å². The van der Waals surface area contributed by atoms with Crippen molar-refractivity contribution in [3.8, 4) is 22.6 Å². The Bertz CT molecular complexity index is 1070. The first-order valence-electron chi connectivity index (χ1n) is 11.3. The molecule has 1 aliphatic heterocycles. The first-order valence-corrected chi connectivity index (χ1v) is 11.3. The quantitative estimate of drug-likeness (QED) is 0.524. The zero-order chi connectivity index (χ0) is 22.2. The van der Waals surface area contributed by atoms with Gasteiger partial charge in [-0.15, -0.1) is 0 Å². The monoisotopic (exact) mass is 431 g/mol. The van der Waals surface area contributed by atoms with E-state index in [9.17, 15) is 9.59 Å². The highest BCUT2D eigenvalue weighted by Gasteiger charge is 2.10. The number of pyridine rings is 1. The maximum absolute atomic E-state index is 12.3. The molecule has 2 aromatic heterocycles. The van der Waals surface area contributed by atoms with Crippen molar-refractivity contribution in [3.63, 3.8) is 0 Å². The minimum Gasteiger partial charge on any atom is -0.326 e. The van der Waals surface area contributed by atoms with E-state index >= 15 is 0 Å². The lowest BCUT2D eigenvalue weighted by atomic mass is 10.1. The number of hydrogen-bond donors (Lipinski definition) is 2. The number of likely N-dealkylation sites (tertiary alicyclic amines) is 1. The first-order chi connectivity index (χ1) is 15.7. The number of hydrogen-bond acceptors (Lipinski definition) is 5. The Balaban J connectivity index is 1.31. The second-order valence-electron chi connectivity index (χ2n) is 8.20. The van der Waals surface area contributed by atoms with E-state index in [0.29, 0.717) is 17.9 Å². The van der Waals surface area contributed by atoms with Gasteiger partial charge in [-0.25, -0.2) is 4.98 Å². The van der Waals surface area contributed by atoms with Crippen molar-refractivity contribution in [1.29, 1.82) is 0 Å². The summed E-state index contributed by atoms with van der Waals surface area (Å²) in [4.78, 5) is 38.3. The van der Waals surface area contributed by atoms with Crippen LogP contribution in [-0.2, 0) is 4.79 Å². The lowest BCUT2D eigenvalue weighted by Crippen LogP contribution is -2.30. The third kappa shape index (κ3) is 6.11. The molecule has 7 nitrogen and oxygen atoms in total. The van der Waals surface area contributed by atoms with Crippen molar-refractivity contribution in [2.75, 3.05) is 25.0 Å². The minimum atomic E-state index is -0.219. The summed E-state index contributed by atoms with van der Waals surface area (Å²) >= 11 is 0. The van der Waals surface area contributed by atoms with Crippen LogP contribution in [0.15, 0.2) is 59.7 Å². The van der Waals surface area contributed by atoms with E-state index in [1.807, 2.05) is 36.4 Å². The van der Waals surface area contributed by atoms with Crippen LogP contribution in [0.2, 0.25) is 0 Å². The molecule has 32 heavy (non-hydrogen) atoms. The Labute approximate surface area is 187 Å². The molecule has 1 aromatic carbocycles. The molecule has 166 valence electrons. The standard InChI is InChI=1S/C25H29N5O2/c31-23(6-2-5-17-30-15-3-1-4-16-30)27-21-9-7-20(8-10-21)25-28-22(18-24(32)29-25)19-11-13-26-14-12-19/h7-14,18H,1-6,15-17H2,(H,27,31)(H,28,29,32). The van der Waals surface area contributed by atoms with Gasteiger partial charge in [-0.3, -0.25) is 14.6 Å². The second-order valence-corrected chi connectivity index (χ2v) is 8.20. The zero-order valence-electron chi connectivity index (χ0n) is 18.2. The zero-order valence-corrected chi connectivity index (χ0v) is 18.2. The first kappa shape index (κ1) is 21.9. The van der Waals surface area contributed by atoms with E-state index in [1.54, 1.807) is 12.4 Å². The Morgan fingerprint density at radius 2 is 1.72 bits per heavy atom. The van der Waals surface area contributed by atoms with Crippen molar-refractivity contribution in [3.05, 3.63) is 65.2 Å². The van der Waals surface area contributed by atoms with Crippen LogP contribution in [0, 0.1) is 0 Å². The molecule has 3 aromatic rings. The van der Waals surface area contributed by atoms with Crippen LogP contribution in [0.4, 0.5) is 5.69 Å². The third-order valence-electron chi connectivity index (χ3n) is 5.74. The molecule has 0 saturated carbocycles. The van der Waals surface area contributed by atoms with Gasteiger partial charge in [-0.1, -0.05) is 6.42 Å². The second kappa shape index (κ2) is 10.8. The van der Waals surface area contributed by atoms with Crippen molar-refractivity contribution in [2.24, 2.45) is 0 Å². The van der Waals surface area contributed by atoms with Gasteiger partial charge in [0.15, 0.2) is 0 Å². The molecular weight excluding hydrogens is 402 g/mol. The van der Waals surface area contributed by atoms with Crippen LogP contribution in [0.5, 0.6) is 0 Å². The molecule has 0 atom stereocenters. The van der Waals surface area contributed by atoms with Gasteiger partial charge in [0.05, 0.1) is 5.69 Å². The molecule has 1 fully saturated rings. The van der Waals surface area contributed by atoms with Gasteiger partial charge < -0.3 is 15.2 Å². The fraction of sp³-hybridized carbons (Fsp3) is 0.360. The molecule has 0 spiro atoms. The van der Waals surface area contributed by atoms with Gasteiger partial charge in [-0.05, 0) is 81.7 Å². The Hall–Kier alpha value is -3.32. The maximum atomic E-state index is 12.3. The van der Waals surface area contributed by atoms with Crippen molar-refractivity contribution < 1.29 is 4.79 Å². The molecule has 0 radical (unpaired) electrons. The number of anilines is 1. The number of carbonyl (C=O) groups is 1. The summed E-state index contributed by atoms with van der Waals surface area (Å²) in [6.07, 6.45) is 9.76. The van der Waals surface area contributed by atoms with Crippen LogP contribution in [0.1, 0.15) is 38.5 Å². The predicted octanol–water partition coefficient (Wildman–Crippen LogP) is 4.09. The number of nitrogens with zero attached hydrogens (tertiary/aromatic N) is 3. The summed E-state index contributed by atoms with van der Waals surface area (Å²) < 4.78 is 0. The van der Waals surface area contributed by atoms with Crippen LogP contribution in [0.3, 0.4) is 0 Å². The van der Waals surface area contributed by atoms with E-state index in [2.05, 4.69) is 25.2 Å². The van der Waals surface area contributed by atoms with Crippen molar-refractivity contribution >= 4 is 11.6 Å². The number of aromatic nitrogens is 3. The summed E-state index contributed by atoms with van der Waals surface area (Å²) in [5, 5.41) is 2.96. The lowest BCUT2D eigenvalue weighted by Gasteiger charge is -2.26. The fourth-order valence-corrected chi connectivity index (χ4v) is 4.00. The van der Waals surface area contributed by atoms with Gasteiger partial charge in [0, 0.05) is 41.7 Å². The van der Waals surface area contributed by atoms with E-state index in [0.717, 1.165) is 36.2 Å². The highest BCUT2D eigenvalue weighted by Crippen LogP contribution is 2.21. The van der Waals surface area contributed by atoms with E-state index in [4.69, 9.17) is 0 Å². The number of unbranched alkanes of at least 4 members (excludes halogenated alkanes) is 1. The maximum Gasteiger partial charge on any atom is 0.251 e. The summed E-state index contributed by atoms with van der Waals surface area (Å²) in [5.74, 6) is 0.516. The Morgan fingerprint density at radius 1 is 0.969 bits per heavy atom. The molecule has 0 unspecified atom stereocenters. The van der Waals surface area contributed by atoms with Gasteiger partial charge in [-0.2, -0.15) is 0 Å². The van der Waals surface area contributed by atoms with Crippen LogP contribution < -0.4 is 10.9 Å². The highest BCUT2D eigenvalue weighted by molar-refractivity contribution is 5.90. The number of carbonyl (C=O) groups excluding carboxylic acids is 1. The highest BCUT2D eigenvalue weighted by atomic mass is 16.1. The normalized spacial score (nSPS) is 14.2. The molecule has 4 rings (SSSR count). The Kier molecular flexibility index (Phi) is 7.40. The summed E-state index contributed by atoms with van der Waals surface area (Å²) in [5.41, 5.74) is 2.72. The van der Waals surface area contributed by atoms with E-state index in [1.165, 1.54) is 38.4 Å². The molecule has 0 aliphatic carbocycles. The predicted molar refractivity (Wildman–Crippen MR) is 126 cm³/mol. The van der Waals surface area contributed by atoms with Crippen LogP contribution >= 0.6 is 0 Å². The van der Waals surface area contributed by atoms with Crippen LogP contribution in [0.25, 0.3) is 22.6 Å². The summed E-state index contributed by atoms with van der Waals surface area (Å²) in [7, 11) is 0. The SMILES string of the molecule is O=C(CCCCN1CCCCC1)Nc1ccc(-c2nc(-c3ccncc3)cc(=O)[nH]2)cc1. The van der Waals surface area contributed by atoms with Crippen molar-refractivity contribution in [1.82, 2.24) is 19.9 Å². The Morgan fingerprint density at radius 3 is 2.47 bits per heavy atom. The van der Waals surface area contributed by atoms with Gasteiger partial charge in [0.2, 0.25) is 5.91 Å². The smallest absolute Gasteiger partial charge is 0.251 e. The number of nitrogens with one attached hydrogen (secondary N) is 2. The molecule has 0 bridgehead atoms. The topological polar surface area (TPSA) is 91.0 Å². The van der Waals surface area contributed by atoms with Gasteiger partial charge in [0.1, 0.15) is 5.82 Å². The number of aromatic amines is 1. The molecule has 2 N–H and O–H groups in total. The minimum absolute atomic E-state index is 0.0302. The average Bonchev–Trinajstić information content (AvgIpc) is 2.83. The van der Waals surface area contributed by atoms with Crippen LogP contribution in [-0.4, -0.2) is 45.4 Å². The molecule has 3 heterocycles. The summed E-state index contributed by atoms with van der Waals surface area (Å²) in [6.45, 7) is 3.49. The number of rotatable bonds is 8. The molecular formula is C25H29N5O2. The van der Waals surface area contributed by atoms with E-state index in [-0.39, 0.29) is 11.5 Å². The fourth-order valence-electron chi connectivity index (χ4n) is 4.00. The largest absolute Gasteiger partial charge is 0.326 e. The number of H-pyrrole nitrogens is 1. The van der Waals surface area contributed by atoms with Gasteiger partial charge in [0.25, 0.3) is 5.56 Å². The van der Waals surface area contributed by atoms with Crippen molar-refractivity contribution in [2.45, 2.75) is 38.5 Å². The average molecular weight is 432 g/mol. The third-order valence-corrected chi connectivity index (χ3v) is 5.74. The molecule has 1 saturated heterocycles. The number of piperidine rings is 1. The lowest BCUT2D eigenvalue weighted by molar-refractivity contribution is -0.116. The molecule has 1 amide bonds. The molecule has 7 heteroatoms. The molecule has 1 aliphatic rings.